The molecule has 1 aliphatic heterocycles. The summed E-state index contributed by atoms with van der Waals surface area (Å²) < 4.78 is 5.41. The fourth-order valence-corrected chi connectivity index (χ4v) is 3.54. The first kappa shape index (κ1) is 19.0. The Labute approximate surface area is 171 Å². The van der Waals surface area contributed by atoms with Crippen LogP contribution in [0.2, 0.25) is 0 Å². The second-order valence-corrected chi connectivity index (χ2v) is 7.12. The highest BCUT2D eigenvalue weighted by Crippen LogP contribution is 2.21. The van der Waals surface area contributed by atoms with E-state index in [0.717, 1.165) is 37.5 Å². The number of benzene rings is 2. The van der Waals surface area contributed by atoms with Gasteiger partial charge in [-0.2, -0.15) is 10.1 Å². The zero-order chi connectivity index (χ0) is 20.1. The average molecular weight is 390 g/mol. The van der Waals surface area contributed by atoms with Crippen LogP contribution in [0.4, 0.5) is 17.5 Å². The van der Waals surface area contributed by atoms with Crippen LogP contribution >= 0.6 is 0 Å². The first-order valence-electron chi connectivity index (χ1n) is 9.85. The summed E-state index contributed by atoms with van der Waals surface area (Å²) in [5.41, 5.74) is 3.63. The minimum absolute atomic E-state index is 0.614. The van der Waals surface area contributed by atoms with E-state index in [1.165, 1.54) is 11.3 Å². The number of aryl methyl sites for hydroxylation is 1. The SMILES string of the molecule is COc1ccccc1CNc1cnnc(N2CCN(c3cccc(C)c3)CC2)n1. The van der Waals surface area contributed by atoms with Crippen molar-refractivity contribution < 1.29 is 4.74 Å². The van der Waals surface area contributed by atoms with Gasteiger partial charge >= 0.3 is 0 Å². The summed E-state index contributed by atoms with van der Waals surface area (Å²) >= 11 is 0. The highest BCUT2D eigenvalue weighted by molar-refractivity contribution is 5.50. The van der Waals surface area contributed by atoms with Crippen LogP contribution in [0.15, 0.2) is 54.7 Å². The number of piperazine rings is 1. The van der Waals surface area contributed by atoms with Crippen LogP contribution in [0.5, 0.6) is 5.75 Å². The largest absolute Gasteiger partial charge is 0.496 e. The van der Waals surface area contributed by atoms with Gasteiger partial charge in [0, 0.05) is 44.0 Å². The van der Waals surface area contributed by atoms with Gasteiger partial charge in [0.2, 0.25) is 5.95 Å². The van der Waals surface area contributed by atoms with Gasteiger partial charge < -0.3 is 19.9 Å². The number of hydrogen-bond acceptors (Lipinski definition) is 7. The Hall–Kier alpha value is -3.35. The monoisotopic (exact) mass is 390 g/mol. The lowest BCUT2D eigenvalue weighted by atomic mass is 10.2. The first-order chi connectivity index (χ1) is 14.2. The second-order valence-electron chi connectivity index (χ2n) is 7.12. The lowest BCUT2D eigenvalue weighted by Crippen LogP contribution is -2.47. The third-order valence-corrected chi connectivity index (χ3v) is 5.13. The molecular formula is C22H26N6O. The zero-order valence-corrected chi connectivity index (χ0v) is 16.9. The minimum atomic E-state index is 0.614. The van der Waals surface area contributed by atoms with Gasteiger partial charge in [0.15, 0.2) is 5.82 Å². The van der Waals surface area contributed by atoms with Crippen LogP contribution in [0.1, 0.15) is 11.1 Å². The van der Waals surface area contributed by atoms with Crippen molar-refractivity contribution in [2.75, 3.05) is 48.4 Å². The maximum atomic E-state index is 5.41. The van der Waals surface area contributed by atoms with Gasteiger partial charge in [0.1, 0.15) is 5.75 Å². The van der Waals surface area contributed by atoms with E-state index in [1.54, 1.807) is 13.3 Å². The van der Waals surface area contributed by atoms with Crippen LogP contribution in [-0.4, -0.2) is 48.5 Å². The smallest absolute Gasteiger partial charge is 0.247 e. The molecule has 0 aliphatic carbocycles. The van der Waals surface area contributed by atoms with E-state index in [0.29, 0.717) is 18.3 Å². The van der Waals surface area contributed by atoms with Crippen LogP contribution in [-0.2, 0) is 6.54 Å². The van der Waals surface area contributed by atoms with Crippen molar-refractivity contribution in [3.05, 3.63) is 65.9 Å². The molecule has 1 aromatic heterocycles. The number of para-hydroxylation sites is 1. The molecule has 1 N–H and O–H groups in total. The first-order valence-corrected chi connectivity index (χ1v) is 9.85. The van der Waals surface area contributed by atoms with Gasteiger partial charge in [0.25, 0.3) is 0 Å². The number of hydrogen-bond donors (Lipinski definition) is 1. The molecule has 3 aromatic rings. The Morgan fingerprint density at radius 1 is 1.00 bits per heavy atom. The van der Waals surface area contributed by atoms with Crippen molar-refractivity contribution in [2.45, 2.75) is 13.5 Å². The molecule has 1 fully saturated rings. The molecule has 2 heterocycles. The molecule has 1 aliphatic rings. The number of rotatable bonds is 6. The van der Waals surface area contributed by atoms with E-state index in [9.17, 15) is 0 Å². The van der Waals surface area contributed by atoms with Crippen LogP contribution < -0.4 is 19.9 Å². The topological polar surface area (TPSA) is 66.4 Å². The van der Waals surface area contributed by atoms with E-state index in [-0.39, 0.29) is 0 Å². The molecule has 0 atom stereocenters. The van der Waals surface area contributed by atoms with Crippen LogP contribution in [0.3, 0.4) is 0 Å². The Balaban J connectivity index is 1.38. The van der Waals surface area contributed by atoms with Crippen molar-refractivity contribution in [1.29, 1.82) is 0 Å². The predicted molar refractivity (Wildman–Crippen MR) is 116 cm³/mol. The van der Waals surface area contributed by atoms with Gasteiger partial charge in [0.05, 0.1) is 13.3 Å². The lowest BCUT2D eigenvalue weighted by Gasteiger charge is -2.36. The van der Waals surface area contributed by atoms with E-state index >= 15 is 0 Å². The molecule has 0 saturated carbocycles. The van der Waals surface area contributed by atoms with E-state index < -0.39 is 0 Å². The number of aromatic nitrogens is 3. The van der Waals surface area contributed by atoms with Crippen LogP contribution in [0, 0.1) is 6.92 Å². The molecule has 0 spiro atoms. The summed E-state index contributed by atoms with van der Waals surface area (Å²) in [5, 5.41) is 11.7. The average Bonchev–Trinajstić information content (AvgIpc) is 2.78. The van der Waals surface area contributed by atoms with E-state index in [1.807, 2.05) is 24.3 Å². The Kier molecular flexibility index (Phi) is 5.74. The molecule has 4 rings (SSSR count). The quantitative estimate of drug-likeness (QED) is 0.694. The summed E-state index contributed by atoms with van der Waals surface area (Å²) in [7, 11) is 1.68. The van der Waals surface area contributed by atoms with Crippen molar-refractivity contribution >= 4 is 17.5 Å². The summed E-state index contributed by atoms with van der Waals surface area (Å²) in [5.74, 6) is 2.23. The molecule has 29 heavy (non-hydrogen) atoms. The molecule has 2 aromatic carbocycles. The summed E-state index contributed by atoms with van der Waals surface area (Å²) in [6, 6.07) is 16.6. The predicted octanol–water partition coefficient (Wildman–Crippen LogP) is 3.13. The maximum Gasteiger partial charge on any atom is 0.247 e. The fraction of sp³-hybridized carbons (Fsp3) is 0.318. The van der Waals surface area contributed by atoms with Gasteiger partial charge in [-0.05, 0) is 30.7 Å². The van der Waals surface area contributed by atoms with Crippen molar-refractivity contribution in [3.8, 4) is 5.75 Å². The normalized spacial score (nSPS) is 14.0. The van der Waals surface area contributed by atoms with Crippen molar-refractivity contribution in [2.24, 2.45) is 0 Å². The lowest BCUT2D eigenvalue weighted by molar-refractivity contribution is 0.410. The van der Waals surface area contributed by atoms with E-state index in [4.69, 9.17) is 4.74 Å². The molecule has 7 heteroatoms. The number of ether oxygens (including phenoxy) is 1. The molecular weight excluding hydrogens is 364 g/mol. The molecule has 0 radical (unpaired) electrons. The highest BCUT2D eigenvalue weighted by atomic mass is 16.5. The molecule has 0 amide bonds. The molecule has 0 unspecified atom stereocenters. The molecule has 0 bridgehead atoms. The summed E-state index contributed by atoms with van der Waals surface area (Å²) in [6.45, 7) is 6.35. The van der Waals surface area contributed by atoms with Gasteiger partial charge in [-0.3, -0.25) is 0 Å². The third-order valence-electron chi connectivity index (χ3n) is 5.13. The number of anilines is 3. The van der Waals surface area contributed by atoms with Crippen molar-refractivity contribution in [3.63, 3.8) is 0 Å². The van der Waals surface area contributed by atoms with Crippen molar-refractivity contribution in [1.82, 2.24) is 15.2 Å². The Bertz CT molecular complexity index is 955. The Morgan fingerprint density at radius 2 is 1.79 bits per heavy atom. The number of nitrogens with zero attached hydrogens (tertiary/aromatic N) is 5. The second kappa shape index (κ2) is 8.77. The molecule has 1 saturated heterocycles. The minimum Gasteiger partial charge on any atom is -0.496 e. The van der Waals surface area contributed by atoms with Gasteiger partial charge in [-0.25, -0.2) is 0 Å². The zero-order valence-electron chi connectivity index (χ0n) is 16.9. The van der Waals surface area contributed by atoms with E-state index in [2.05, 4.69) is 61.5 Å². The summed E-state index contributed by atoms with van der Waals surface area (Å²) in [6.07, 6.45) is 1.65. The van der Waals surface area contributed by atoms with Crippen LogP contribution in [0.25, 0.3) is 0 Å². The van der Waals surface area contributed by atoms with Gasteiger partial charge in [-0.1, -0.05) is 30.3 Å². The summed E-state index contributed by atoms with van der Waals surface area (Å²) in [4.78, 5) is 9.25. The van der Waals surface area contributed by atoms with Gasteiger partial charge in [-0.15, -0.1) is 5.10 Å². The third kappa shape index (κ3) is 4.56. The Morgan fingerprint density at radius 3 is 2.59 bits per heavy atom. The standard InChI is InChI=1S/C22H26N6O/c1-17-6-5-8-19(14-17)27-10-12-28(13-11-27)22-25-21(16-24-26-22)23-15-18-7-3-4-9-20(18)29-2/h3-9,14,16H,10-13,15H2,1-2H3,(H,23,25,26). The number of methoxy groups -OCH3 is 1. The fourth-order valence-electron chi connectivity index (χ4n) is 3.54. The molecule has 7 nitrogen and oxygen atoms in total. The maximum absolute atomic E-state index is 5.41. The highest BCUT2D eigenvalue weighted by Gasteiger charge is 2.20. The molecule has 150 valence electrons. The number of nitrogens with one attached hydrogen (secondary N) is 1.